The summed E-state index contributed by atoms with van der Waals surface area (Å²) in [5.41, 5.74) is 0. The minimum absolute atomic E-state index is 0.212. The Morgan fingerprint density at radius 3 is 1.67 bits per heavy atom. The first kappa shape index (κ1) is 10.1. The average molecular weight is 260 g/mol. The van der Waals surface area contributed by atoms with Crippen LogP contribution in [0, 0.1) is 0 Å². The van der Waals surface area contributed by atoms with Crippen molar-refractivity contribution in [1.82, 2.24) is 0 Å². The van der Waals surface area contributed by atoms with Gasteiger partial charge in [0.05, 0.1) is 0 Å². The lowest BCUT2D eigenvalue weighted by Crippen LogP contribution is -1.98. The molecule has 0 spiro atoms. The Morgan fingerprint density at radius 1 is 1.11 bits per heavy atom. The van der Waals surface area contributed by atoms with Crippen molar-refractivity contribution in [2.24, 2.45) is 0 Å². The highest BCUT2D eigenvalue weighted by atomic mass is 127. The molecule has 0 aromatic rings. The van der Waals surface area contributed by atoms with Crippen LogP contribution in [0.15, 0.2) is 0 Å². The molecule has 0 rings (SSSR count). The molecule has 0 nitrogen and oxygen atoms in total. The van der Waals surface area contributed by atoms with Gasteiger partial charge in [0.2, 0.25) is 0 Å². The molecule has 9 heavy (non-hydrogen) atoms. The van der Waals surface area contributed by atoms with Gasteiger partial charge in [-0.3, -0.25) is 0 Å². The first-order chi connectivity index (χ1) is 4.12. The van der Waals surface area contributed by atoms with Crippen LogP contribution in [0.2, 0.25) is 0 Å². The molecule has 0 heterocycles. The SMILES string of the molecule is CCCS(C)(I)CCC. The molecular weight excluding hydrogens is 243 g/mol. The maximum atomic E-state index is 2.66. The summed E-state index contributed by atoms with van der Waals surface area (Å²) in [7, 11) is -0.212. The summed E-state index contributed by atoms with van der Waals surface area (Å²) < 4.78 is 0. The summed E-state index contributed by atoms with van der Waals surface area (Å²) in [6, 6.07) is 0. The summed E-state index contributed by atoms with van der Waals surface area (Å²) in [4.78, 5) is 0. The van der Waals surface area contributed by atoms with Crippen LogP contribution >= 0.6 is 28.4 Å². The Labute approximate surface area is 72.7 Å². The van der Waals surface area contributed by atoms with Gasteiger partial charge in [-0.25, -0.2) is 0 Å². The zero-order valence-electron chi connectivity index (χ0n) is 6.61. The Hall–Kier alpha value is 1.08. The molecule has 0 radical (unpaired) electrons. The van der Waals surface area contributed by atoms with Gasteiger partial charge in [0.15, 0.2) is 0 Å². The zero-order chi connectivity index (χ0) is 7.33. The van der Waals surface area contributed by atoms with Crippen LogP contribution in [-0.2, 0) is 0 Å². The van der Waals surface area contributed by atoms with Crippen LogP contribution in [0.3, 0.4) is 0 Å². The minimum atomic E-state index is -0.212. The van der Waals surface area contributed by atoms with E-state index >= 15 is 0 Å². The van der Waals surface area contributed by atoms with Crippen LogP contribution in [-0.4, -0.2) is 17.8 Å². The van der Waals surface area contributed by atoms with Crippen LogP contribution in [0.4, 0.5) is 0 Å². The second kappa shape index (κ2) is 4.83. The largest absolute Gasteiger partial charge is 0.190 e. The molecule has 0 amide bonds. The Bertz CT molecular complexity index is 63.3. The fourth-order valence-corrected chi connectivity index (χ4v) is 5.50. The molecule has 0 bridgehead atoms. The van der Waals surface area contributed by atoms with E-state index in [2.05, 4.69) is 41.3 Å². The zero-order valence-corrected chi connectivity index (χ0v) is 9.59. The minimum Gasteiger partial charge on any atom is -0.190 e. The van der Waals surface area contributed by atoms with E-state index in [9.17, 15) is 0 Å². The molecule has 0 saturated heterocycles. The van der Waals surface area contributed by atoms with E-state index in [1.54, 1.807) is 0 Å². The van der Waals surface area contributed by atoms with Crippen molar-refractivity contribution in [2.75, 3.05) is 17.8 Å². The van der Waals surface area contributed by atoms with E-state index in [-0.39, 0.29) is 7.20 Å². The average Bonchev–Trinajstić information content (AvgIpc) is 1.64. The summed E-state index contributed by atoms with van der Waals surface area (Å²) in [5.74, 6) is 2.89. The number of hydrogen-bond acceptors (Lipinski definition) is 0. The third-order valence-electron chi connectivity index (χ3n) is 1.26. The lowest BCUT2D eigenvalue weighted by molar-refractivity contribution is 1.07. The first-order valence-corrected chi connectivity index (χ1v) is 8.48. The van der Waals surface area contributed by atoms with E-state index in [1.807, 2.05) is 0 Å². The van der Waals surface area contributed by atoms with E-state index in [4.69, 9.17) is 0 Å². The molecule has 0 aromatic carbocycles. The number of halogens is 1. The summed E-state index contributed by atoms with van der Waals surface area (Å²) in [6.45, 7) is 4.55. The molecule has 0 saturated carbocycles. The van der Waals surface area contributed by atoms with Gasteiger partial charge in [-0.05, 0) is 51.8 Å². The van der Waals surface area contributed by atoms with Gasteiger partial charge in [0.1, 0.15) is 0 Å². The van der Waals surface area contributed by atoms with E-state index in [0.717, 1.165) is 0 Å². The van der Waals surface area contributed by atoms with Crippen molar-refractivity contribution >= 4 is 28.4 Å². The lowest BCUT2D eigenvalue weighted by Gasteiger charge is -2.27. The predicted octanol–water partition coefficient (Wildman–Crippen LogP) is 3.59. The maximum Gasteiger partial charge on any atom is -0.0149 e. The van der Waals surface area contributed by atoms with Gasteiger partial charge in [0, 0.05) is 0 Å². The summed E-state index contributed by atoms with van der Waals surface area (Å²) >= 11 is 2.66. The Balaban J connectivity index is 3.43. The molecule has 0 aromatic heterocycles. The normalized spacial score (nSPS) is 13.8. The second-order valence-corrected chi connectivity index (χ2v) is 12.1. The van der Waals surface area contributed by atoms with Gasteiger partial charge >= 0.3 is 0 Å². The van der Waals surface area contributed by atoms with Crippen molar-refractivity contribution < 1.29 is 0 Å². The topological polar surface area (TPSA) is 0 Å². The van der Waals surface area contributed by atoms with E-state index in [0.29, 0.717) is 0 Å². The van der Waals surface area contributed by atoms with Crippen molar-refractivity contribution in [3.8, 4) is 0 Å². The fourth-order valence-electron chi connectivity index (χ4n) is 0.953. The van der Waals surface area contributed by atoms with E-state index in [1.165, 1.54) is 24.3 Å². The Kier molecular flexibility index (Phi) is 5.41. The molecule has 2 heteroatoms. The maximum absolute atomic E-state index is 2.66. The summed E-state index contributed by atoms with van der Waals surface area (Å²) in [6.07, 6.45) is 5.14. The van der Waals surface area contributed by atoms with Gasteiger partial charge in [0.25, 0.3) is 0 Å². The lowest BCUT2D eigenvalue weighted by atomic mass is 10.6. The third-order valence-corrected chi connectivity index (χ3v) is 6.42. The number of hydrogen-bond donors (Lipinski definition) is 0. The first-order valence-electron chi connectivity index (χ1n) is 3.55. The third kappa shape index (κ3) is 5.52. The second-order valence-electron chi connectivity index (χ2n) is 2.56. The van der Waals surface area contributed by atoms with Crippen LogP contribution in [0.5, 0.6) is 0 Å². The molecule has 0 N–H and O–H groups in total. The van der Waals surface area contributed by atoms with Gasteiger partial charge in [-0.1, -0.05) is 13.8 Å². The molecule has 0 unspecified atom stereocenters. The van der Waals surface area contributed by atoms with E-state index < -0.39 is 0 Å². The smallest absolute Gasteiger partial charge is 0.0149 e. The quantitative estimate of drug-likeness (QED) is 0.677. The highest BCUT2D eigenvalue weighted by Gasteiger charge is 2.09. The van der Waals surface area contributed by atoms with Crippen molar-refractivity contribution in [1.29, 1.82) is 0 Å². The molecular formula is C7H17IS. The van der Waals surface area contributed by atoms with Crippen molar-refractivity contribution in [2.45, 2.75) is 26.7 Å². The molecule has 58 valence electrons. The van der Waals surface area contributed by atoms with Crippen LogP contribution in [0.1, 0.15) is 26.7 Å². The van der Waals surface area contributed by atoms with Gasteiger partial charge < -0.3 is 0 Å². The molecule has 0 fully saturated rings. The van der Waals surface area contributed by atoms with Gasteiger partial charge in [-0.15, -0.1) is 0 Å². The standard InChI is InChI=1S/C7H17IS/c1-4-6-9(3,8)7-5-2/h4-7H2,1-3H3. The highest BCUT2D eigenvalue weighted by molar-refractivity contribution is 14.2. The summed E-state index contributed by atoms with van der Waals surface area (Å²) in [5, 5.41) is 0. The van der Waals surface area contributed by atoms with Crippen LogP contribution < -0.4 is 0 Å². The van der Waals surface area contributed by atoms with Crippen molar-refractivity contribution in [3.05, 3.63) is 0 Å². The molecule has 0 aliphatic rings. The fraction of sp³-hybridized carbons (Fsp3) is 1.00. The highest BCUT2D eigenvalue weighted by Crippen LogP contribution is 2.53. The number of rotatable bonds is 4. The van der Waals surface area contributed by atoms with Crippen molar-refractivity contribution in [3.63, 3.8) is 0 Å². The molecule has 0 atom stereocenters. The molecule has 0 aliphatic heterocycles. The monoisotopic (exact) mass is 260 g/mol. The van der Waals surface area contributed by atoms with Crippen LogP contribution in [0.25, 0.3) is 0 Å². The molecule has 0 aliphatic carbocycles. The van der Waals surface area contributed by atoms with Gasteiger partial charge in [-0.2, -0.15) is 7.20 Å². The predicted molar refractivity (Wildman–Crippen MR) is 57.9 cm³/mol. The Morgan fingerprint density at radius 2 is 1.44 bits per heavy atom.